The topological polar surface area (TPSA) is 36.9 Å². The molecule has 0 aliphatic heterocycles. The number of rotatable bonds is 5. The van der Waals surface area contributed by atoms with Crippen LogP contribution >= 0.6 is 0 Å². The molecule has 3 aromatic rings. The van der Waals surface area contributed by atoms with Crippen molar-refractivity contribution < 1.29 is 18.9 Å². The van der Waals surface area contributed by atoms with E-state index in [0.29, 0.717) is 0 Å². The molecule has 0 N–H and O–H groups in total. The van der Waals surface area contributed by atoms with Crippen LogP contribution in [0.15, 0.2) is 54.6 Å². The standard InChI is InChI=1S/C26H22O4/c1-27-17-7-5-15(6-8-17)25-22-13-18(28-2)9-10-19(22)21-11-16-12-23(29-3)24(30-4)14-20(16)26(21)25/h5-14H,1-4H3. The Kier molecular flexibility index (Phi) is 4.28. The molecular formula is C26H22O4. The quantitative estimate of drug-likeness (QED) is 0.565. The molecule has 0 aromatic heterocycles. The molecule has 2 aliphatic carbocycles. The van der Waals surface area contributed by atoms with Crippen LogP contribution in [-0.2, 0) is 0 Å². The summed E-state index contributed by atoms with van der Waals surface area (Å²) >= 11 is 0. The SMILES string of the molecule is COc1ccc(C2=C3C(=Cc4cc(OC)c(OC)cc43)c3ccc(OC)cc32)cc1. The zero-order valence-corrected chi connectivity index (χ0v) is 17.4. The average Bonchev–Trinajstić information content (AvgIpc) is 3.31. The number of ether oxygens (including phenoxy) is 4. The molecule has 0 atom stereocenters. The Morgan fingerprint density at radius 1 is 0.533 bits per heavy atom. The fraction of sp³-hybridized carbons (Fsp3) is 0.154. The Labute approximate surface area is 176 Å². The summed E-state index contributed by atoms with van der Waals surface area (Å²) in [4.78, 5) is 0. The summed E-state index contributed by atoms with van der Waals surface area (Å²) in [6.45, 7) is 0. The number of methoxy groups -OCH3 is 4. The van der Waals surface area contributed by atoms with Crippen molar-refractivity contribution in [3.8, 4) is 23.0 Å². The molecule has 5 rings (SSSR count). The van der Waals surface area contributed by atoms with Crippen molar-refractivity contribution in [2.75, 3.05) is 28.4 Å². The lowest BCUT2D eigenvalue weighted by Gasteiger charge is -2.13. The van der Waals surface area contributed by atoms with Crippen molar-refractivity contribution in [3.05, 3.63) is 82.4 Å². The van der Waals surface area contributed by atoms with Crippen LogP contribution in [0.4, 0.5) is 0 Å². The zero-order valence-electron chi connectivity index (χ0n) is 17.4. The van der Waals surface area contributed by atoms with Gasteiger partial charge in [0.1, 0.15) is 11.5 Å². The highest BCUT2D eigenvalue weighted by atomic mass is 16.5. The highest BCUT2D eigenvalue weighted by molar-refractivity contribution is 6.31. The van der Waals surface area contributed by atoms with Gasteiger partial charge in [-0.2, -0.15) is 0 Å². The fourth-order valence-electron chi connectivity index (χ4n) is 4.37. The molecule has 0 bridgehead atoms. The van der Waals surface area contributed by atoms with Gasteiger partial charge in [-0.1, -0.05) is 18.2 Å². The van der Waals surface area contributed by atoms with E-state index in [1.807, 2.05) is 24.3 Å². The maximum Gasteiger partial charge on any atom is 0.161 e. The average molecular weight is 398 g/mol. The largest absolute Gasteiger partial charge is 0.497 e. The van der Waals surface area contributed by atoms with E-state index in [9.17, 15) is 0 Å². The van der Waals surface area contributed by atoms with E-state index in [1.165, 1.54) is 27.8 Å². The predicted octanol–water partition coefficient (Wildman–Crippen LogP) is 5.55. The first-order valence-corrected chi connectivity index (χ1v) is 9.74. The van der Waals surface area contributed by atoms with Crippen molar-refractivity contribution in [2.45, 2.75) is 0 Å². The second-order valence-electron chi connectivity index (χ2n) is 7.24. The van der Waals surface area contributed by atoms with Gasteiger partial charge >= 0.3 is 0 Å². The van der Waals surface area contributed by atoms with Crippen LogP contribution in [0.3, 0.4) is 0 Å². The summed E-state index contributed by atoms with van der Waals surface area (Å²) in [6, 6.07) is 18.6. The van der Waals surface area contributed by atoms with Crippen LogP contribution in [-0.4, -0.2) is 28.4 Å². The second kappa shape index (κ2) is 6.99. The molecule has 0 spiro atoms. The van der Waals surface area contributed by atoms with Crippen molar-refractivity contribution >= 4 is 22.8 Å². The Morgan fingerprint density at radius 3 is 1.87 bits per heavy atom. The van der Waals surface area contributed by atoms with E-state index >= 15 is 0 Å². The monoisotopic (exact) mass is 398 g/mol. The molecular weight excluding hydrogens is 376 g/mol. The van der Waals surface area contributed by atoms with Gasteiger partial charge in [-0.15, -0.1) is 0 Å². The van der Waals surface area contributed by atoms with Gasteiger partial charge < -0.3 is 18.9 Å². The number of hydrogen-bond acceptors (Lipinski definition) is 4. The van der Waals surface area contributed by atoms with Gasteiger partial charge in [0.15, 0.2) is 11.5 Å². The van der Waals surface area contributed by atoms with Gasteiger partial charge in [-0.25, -0.2) is 0 Å². The molecule has 0 amide bonds. The molecule has 4 nitrogen and oxygen atoms in total. The van der Waals surface area contributed by atoms with Gasteiger partial charge in [-0.3, -0.25) is 0 Å². The third-order valence-electron chi connectivity index (χ3n) is 5.81. The van der Waals surface area contributed by atoms with E-state index < -0.39 is 0 Å². The van der Waals surface area contributed by atoms with Crippen molar-refractivity contribution in [1.29, 1.82) is 0 Å². The van der Waals surface area contributed by atoms with Crippen molar-refractivity contribution in [1.82, 2.24) is 0 Å². The van der Waals surface area contributed by atoms with Gasteiger partial charge in [0.05, 0.1) is 28.4 Å². The van der Waals surface area contributed by atoms with Gasteiger partial charge in [-0.05, 0) is 87.0 Å². The van der Waals surface area contributed by atoms with Gasteiger partial charge in [0.2, 0.25) is 0 Å². The second-order valence-corrected chi connectivity index (χ2v) is 7.24. The Bertz CT molecular complexity index is 1220. The number of fused-ring (bicyclic) bond motifs is 5. The molecule has 3 aromatic carbocycles. The minimum absolute atomic E-state index is 0.723. The Hall–Kier alpha value is -3.66. The van der Waals surface area contributed by atoms with Crippen molar-refractivity contribution in [2.24, 2.45) is 0 Å². The molecule has 0 radical (unpaired) electrons. The van der Waals surface area contributed by atoms with Crippen LogP contribution in [0.5, 0.6) is 23.0 Å². The zero-order chi connectivity index (χ0) is 20.8. The third-order valence-corrected chi connectivity index (χ3v) is 5.81. The number of benzene rings is 3. The van der Waals surface area contributed by atoms with Gasteiger partial charge in [0, 0.05) is 0 Å². The first-order chi connectivity index (χ1) is 14.7. The molecule has 4 heteroatoms. The van der Waals surface area contributed by atoms with E-state index in [1.54, 1.807) is 28.4 Å². The fourth-order valence-corrected chi connectivity index (χ4v) is 4.37. The molecule has 0 saturated heterocycles. The van der Waals surface area contributed by atoms with Crippen LogP contribution in [0.1, 0.15) is 27.8 Å². The lowest BCUT2D eigenvalue weighted by molar-refractivity contribution is 0.355. The minimum Gasteiger partial charge on any atom is -0.497 e. The molecule has 0 heterocycles. The number of hydrogen-bond donors (Lipinski definition) is 0. The maximum atomic E-state index is 5.59. The van der Waals surface area contributed by atoms with E-state index in [-0.39, 0.29) is 0 Å². The Balaban J connectivity index is 1.80. The third kappa shape index (κ3) is 2.61. The highest BCUT2D eigenvalue weighted by Crippen LogP contribution is 2.56. The van der Waals surface area contributed by atoms with E-state index in [2.05, 4.69) is 36.4 Å². The van der Waals surface area contributed by atoms with E-state index in [0.717, 1.165) is 39.7 Å². The molecule has 2 aliphatic rings. The molecule has 150 valence electrons. The lowest BCUT2D eigenvalue weighted by atomic mass is 9.93. The Morgan fingerprint density at radius 2 is 1.20 bits per heavy atom. The molecule has 0 fully saturated rings. The lowest BCUT2D eigenvalue weighted by Crippen LogP contribution is -1.95. The molecule has 0 unspecified atom stereocenters. The van der Waals surface area contributed by atoms with Crippen LogP contribution < -0.4 is 18.9 Å². The minimum atomic E-state index is 0.723. The summed E-state index contributed by atoms with van der Waals surface area (Å²) in [5, 5.41) is 0. The summed E-state index contributed by atoms with van der Waals surface area (Å²) in [5.74, 6) is 3.13. The van der Waals surface area contributed by atoms with Crippen molar-refractivity contribution in [3.63, 3.8) is 0 Å². The smallest absolute Gasteiger partial charge is 0.161 e. The maximum absolute atomic E-state index is 5.59. The summed E-state index contributed by atoms with van der Waals surface area (Å²) in [7, 11) is 6.71. The normalized spacial score (nSPS) is 13.4. The summed E-state index contributed by atoms with van der Waals surface area (Å²) < 4.78 is 22.0. The first-order valence-electron chi connectivity index (χ1n) is 9.74. The highest BCUT2D eigenvalue weighted by Gasteiger charge is 2.34. The predicted molar refractivity (Wildman–Crippen MR) is 119 cm³/mol. The van der Waals surface area contributed by atoms with E-state index in [4.69, 9.17) is 18.9 Å². The van der Waals surface area contributed by atoms with Gasteiger partial charge in [0.25, 0.3) is 0 Å². The molecule has 0 saturated carbocycles. The number of allylic oxidation sites excluding steroid dienone is 2. The summed E-state index contributed by atoms with van der Waals surface area (Å²) in [6.07, 6.45) is 2.23. The van der Waals surface area contributed by atoms with Crippen LogP contribution in [0, 0.1) is 0 Å². The van der Waals surface area contributed by atoms with Crippen LogP contribution in [0.25, 0.3) is 22.8 Å². The first kappa shape index (κ1) is 18.4. The summed E-state index contributed by atoms with van der Waals surface area (Å²) in [5.41, 5.74) is 9.37. The molecule has 30 heavy (non-hydrogen) atoms. The van der Waals surface area contributed by atoms with Crippen LogP contribution in [0.2, 0.25) is 0 Å².